The third kappa shape index (κ3) is 7.39. The van der Waals surface area contributed by atoms with E-state index < -0.39 is 5.91 Å². The number of carbonyl (C=O) groups excluding carboxylic acids is 2. The summed E-state index contributed by atoms with van der Waals surface area (Å²) in [5.41, 5.74) is 7.91. The van der Waals surface area contributed by atoms with Gasteiger partial charge in [-0.15, -0.1) is 0 Å². The average molecular weight is 437 g/mol. The van der Waals surface area contributed by atoms with Crippen LogP contribution in [0.3, 0.4) is 0 Å². The quantitative estimate of drug-likeness (QED) is 0.367. The van der Waals surface area contributed by atoms with Crippen LogP contribution >= 0.6 is 0 Å². The largest absolute Gasteiger partial charge is 0.368 e. The number of likely N-dealkylation sites (tertiary alicyclic amines) is 1. The van der Waals surface area contributed by atoms with Gasteiger partial charge in [-0.2, -0.15) is 0 Å². The smallest absolute Gasteiger partial charge is 0.251 e. The minimum absolute atomic E-state index is 0.171. The van der Waals surface area contributed by atoms with Gasteiger partial charge in [0.15, 0.2) is 5.96 Å². The number of piperidine rings is 1. The molecule has 0 unspecified atom stereocenters. The third-order valence-corrected chi connectivity index (χ3v) is 5.50. The summed E-state index contributed by atoms with van der Waals surface area (Å²) in [5, 5.41) is 9.34. The summed E-state index contributed by atoms with van der Waals surface area (Å²) in [6, 6.07) is 18.2. The zero-order valence-corrected chi connectivity index (χ0v) is 18.5. The van der Waals surface area contributed by atoms with Crippen LogP contribution in [0.4, 0.5) is 0 Å². The molecular formula is C24H32N6O2. The van der Waals surface area contributed by atoms with Gasteiger partial charge in [-0.3, -0.25) is 19.5 Å². The highest BCUT2D eigenvalue weighted by atomic mass is 16.2. The van der Waals surface area contributed by atoms with Gasteiger partial charge in [0.05, 0.1) is 6.54 Å². The maximum absolute atomic E-state index is 12.0. The third-order valence-electron chi connectivity index (χ3n) is 5.50. The highest BCUT2D eigenvalue weighted by Gasteiger charge is 2.20. The number of nitrogens with one attached hydrogen (secondary N) is 3. The van der Waals surface area contributed by atoms with E-state index in [0.717, 1.165) is 44.0 Å². The Kier molecular flexibility index (Phi) is 8.62. The molecule has 0 spiro atoms. The monoisotopic (exact) mass is 436 g/mol. The summed E-state index contributed by atoms with van der Waals surface area (Å²) < 4.78 is 0. The van der Waals surface area contributed by atoms with E-state index >= 15 is 0 Å². The normalized spacial score (nSPS) is 15.2. The summed E-state index contributed by atoms with van der Waals surface area (Å²) in [4.78, 5) is 29.6. The first-order chi connectivity index (χ1) is 15.5. The minimum atomic E-state index is -0.570. The Morgan fingerprint density at radius 2 is 1.69 bits per heavy atom. The summed E-state index contributed by atoms with van der Waals surface area (Å²) in [6.45, 7) is 3.54. The number of aliphatic imine (C=N–C) groups is 1. The lowest BCUT2D eigenvalue weighted by Crippen LogP contribution is -2.48. The molecule has 1 aliphatic heterocycles. The molecule has 0 atom stereocenters. The lowest BCUT2D eigenvalue weighted by Gasteiger charge is -2.33. The molecule has 2 aromatic rings. The fourth-order valence-corrected chi connectivity index (χ4v) is 3.69. The van der Waals surface area contributed by atoms with E-state index in [1.807, 2.05) is 12.1 Å². The maximum atomic E-state index is 12.0. The van der Waals surface area contributed by atoms with Gasteiger partial charge in [0, 0.05) is 44.8 Å². The molecule has 0 aliphatic carbocycles. The standard InChI is InChI=1S/C24H32N6O2/c1-26-24(28-15-18-7-9-20(10-8-18)23(32)27-16-22(25)31)29-21-11-13-30(14-12-21)17-19-5-3-2-4-6-19/h2-10,21H,11-17H2,1H3,(H2,25,31)(H,27,32)(H2,26,28,29). The first-order valence-electron chi connectivity index (χ1n) is 10.9. The summed E-state index contributed by atoms with van der Waals surface area (Å²) in [5.74, 6) is -0.117. The Hall–Kier alpha value is -3.39. The topological polar surface area (TPSA) is 112 Å². The van der Waals surface area contributed by atoms with Gasteiger partial charge in [0.2, 0.25) is 5.91 Å². The molecule has 5 N–H and O–H groups in total. The van der Waals surface area contributed by atoms with Crippen LogP contribution in [0.15, 0.2) is 59.6 Å². The molecule has 8 heteroatoms. The molecule has 0 radical (unpaired) electrons. The molecule has 0 saturated carbocycles. The van der Waals surface area contributed by atoms with Crippen molar-refractivity contribution in [3.63, 3.8) is 0 Å². The number of amides is 2. The second-order valence-corrected chi connectivity index (χ2v) is 7.95. The predicted octanol–water partition coefficient (Wildman–Crippen LogP) is 1.23. The van der Waals surface area contributed by atoms with E-state index in [2.05, 4.69) is 56.2 Å². The molecule has 32 heavy (non-hydrogen) atoms. The van der Waals surface area contributed by atoms with Crippen molar-refractivity contribution < 1.29 is 9.59 Å². The molecule has 1 fully saturated rings. The van der Waals surface area contributed by atoms with Crippen molar-refractivity contribution >= 4 is 17.8 Å². The number of rotatable bonds is 8. The van der Waals surface area contributed by atoms with Crippen molar-refractivity contribution in [2.24, 2.45) is 10.7 Å². The van der Waals surface area contributed by atoms with Crippen molar-refractivity contribution in [2.75, 3.05) is 26.7 Å². The number of nitrogens with two attached hydrogens (primary N) is 1. The van der Waals surface area contributed by atoms with Crippen molar-refractivity contribution in [3.8, 4) is 0 Å². The number of hydrogen-bond donors (Lipinski definition) is 4. The highest BCUT2D eigenvalue weighted by Crippen LogP contribution is 2.14. The summed E-state index contributed by atoms with van der Waals surface area (Å²) in [6.07, 6.45) is 2.14. The highest BCUT2D eigenvalue weighted by molar-refractivity contribution is 5.96. The van der Waals surface area contributed by atoms with Crippen LogP contribution in [0.25, 0.3) is 0 Å². The molecule has 0 bridgehead atoms. The fraction of sp³-hybridized carbons (Fsp3) is 0.375. The van der Waals surface area contributed by atoms with Crippen molar-refractivity contribution in [2.45, 2.75) is 32.0 Å². The number of hydrogen-bond acceptors (Lipinski definition) is 4. The van der Waals surface area contributed by atoms with Crippen LogP contribution in [-0.4, -0.2) is 55.4 Å². The zero-order valence-electron chi connectivity index (χ0n) is 18.5. The first-order valence-corrected chi connectivity index (χ1v) is 10.9. The van der Waals surface area contributed by atoms with Gasteiger partial charge in [-0.25, -0.2) is 0 Å². The van der Waals surface area contributed by atoms with Gasteiger partial charge < -0.3 is 21.7 Å². The molecule has 8 nitrogen and oxygen atoms in total. The number of nitrogens with zero attached hydrogens (tertiary/aromatic N) is 2. The van der Waals surface area contributed by atoms with E-state index in [1.54, 1.807) is 19.2 Å². The lowest BCUT2D eigenvalue weighted by atomic mass is 10.0. The van der Waals surface area contributed by atoms with Crippen molar-refractivity contribution in [3.05, 3.63) is 71.3 Å². The zero-order chi connectivity index (χ0) is 22.8. The average Bonchev–Trinajstić information content (AvgIpc) is 2.82. The van der Waals surface area contributed by atoms with Crippen molar-refractivity contribution in [1.29, 1.82) is 0 Å². The van der Waals surface area contributed by atoms with Crippen LogP contribution in [-0.2, 0) is 17.9 Å². The van der Waals surface area contributed by atoms with E-state index in [0.29, 0.717) is 18.2 Å². The minimum Gasteiger partial charge on any atom is -0.368 e. The van der Waals surface area contributed by atoms with Crippen LogP contribution < -0.4 is 21.7 Å². The van der Waals surface area contributed by atoms with Gasteiger partial charge in [-0.05, 0) is 36.1 Å². The van der Waals surface area contributed by atoms with Gasteiger partial charge >= 0.3 is 0 Å². The summed E-state index contributed by atoms with van der Waals surface area (Å²) in [7, 11) is 1.77. The van der Waals surface area contributed by atoms with Gasteiger partial charge in [0.25, 0.3) is 5.91 Å². The van der Waals surface area contributed by atoms with Crippen LogP contribution in [0.5, 0.6) is 0 Å². The molecule has 2 amide bonds. The van der Waals surface area contributed by atoms with E-state index in [9.17, 15) is 9.59 Å². The van der Waals surface area contributed by atoms with Crippen molar-refractivity contribution in [1.82, 2.24) is 20.9 Å². The first kappa shape index (κ1) is 23.3. The Labute approximate surface area is 189 Å². The number of benzene rings is 2. The Morgan fingerprint density at radius 1 is 1.00 bits per heavy atom. The van der Waals surface area contributed by atoms with E-state index in [4.69, 9.17) is 5.73 Å². The maximum Gasteiger partial charge on any atom is 0.251 e. The molecule has 1 aliphatic rings. The second-order valence-electron chi connectivity index (χ2n) is 7.95. The fourth-order valence-electron chi connectivity index (χ4n) is 3.69. The Balaban J connectivity index is 1.40. The lowest BCUT2D eigenvalue weighted by molar-refractivity contribution is -0.117. The second kappa shape index (κ2) is 11.9. The predicted molar refractivity (Wildman–Crippen MR) is 126 cm³/mol. The number of carbonyl (C=O) groups is 2. The molecular weight excluding hydrogens is 404 g/mol. The van der Waals surface area contributed by atoms with Gasteiger partial charge in [-0.1, -0.05) is 42.5 Å². The van der Waals surface area contributed by atoms with Crippen LogP contribution in [0, 0.1) is 0 Å². The molecule has 1 heterocycles. The number of guanidine groups is 1. The van der Waals surface area contributed by atoms with Crippen LogP contribution in [0.2, 0.25) is 0 Å². The van der Waals surface area contributed by atoms with Crippen LogP contribution in [0.1, 0.15) is 34.3 Å². The Bertz CT molecular complexity index is 906. The van der Waals surface area contributed by atoms with E-state index in [-0.39, 0.29) is 12.5 Å². The van der Waals surface area contributed by atoms with Gasteiger partial charge in [0.1, 0.15) is 0 Å². The summed E-state index contributed by atoms with van der Waals surface area (Å²) >= 11 is 0. The molecule has 3 rings (SSSR count). The molecule has 170 valence electrons. The van der Waals surface area contributed by atoms with E-state index in [1.165, 1.54) is 5.56 Å². The SMILES string of the molecule is CN=C(NCc1ccc(C(=O)NCC(N)=O)cc1)NC1CCN(Cc2ccccc2)CC1. The number of primary amides is 1. The molecule has 0 aromatic heterocycles. The Morgan fingerprint density at radius 3 is 2.31 bits per heavy atom. The molecule has 1 saturated heterocycles. The molecule has 2 aromatic carbocycles.